The summed E-state index contributed by atoms with van der Waals surface area (Å²) in [5.74, 6) is 0.985. The van der Waals surface area contributed by atoms with Crippen molar-refractivity contribution in [3.8, 4) is 11.5 Å². The molecule has 2 aromatic rings. The summed E-state index contributed by atoms with van der Waals surface area (Å²) in [6.45, 7) is 2.75. The third-order valence-electron chi connectivity index (χ3n) is 1.81. The SMILES string of the molecule is CCn1cc(Oc2cn[nH]c(=O)c2)cn1. The molecule has 0 amide bonds. The van der Waals surface area contributed by atoms with Gasteiger partial charge in [0.25, 0.3) is 5.56 Å². The van der Waals surface area contributed by atoms with Crippen molar-refractivity contribution in [2.45, 2.75) is 13.5 Å². The zero-order chi connectivity index (χ0) is 10.7. The van der Waals surface area contributed by atoms with Crippen LogP contribution in [0.1, 0.15) is 6.92 Å². The number of aromatic amines is 1. The topological polar surface area (TPSA) is 72.8 Å². The molecule has 2 rings (SSSR count). The van der Waals surface area contributed by atoms with Crippen LogP contribution in [-0.4, -0.2) is 20.0 Å². The van der Waals surface area contributed by atoms with Crippen LogP contribution >= 0.6 is 0 Å². The van der Waals surface area contributed by atoms with Gasteiger partial charge in [-0.2, -0.15) is 10.2 Å². The predicted octanol–water partition coefficient (Wildman–Crippen LogP) is 0.779. The van der Waals surface area contributed by atoms with Crippen molar-refractivity contribution in [2.75, 3.05) is 0 Å². The molecule has 0 radical (unpaired) electrons. The van der Waals surface area contributed by atoms with Crippen molar-refractivity contribution in [2.24, 2.45) is 0 Å². The summed E-state index contributed by atoms with van der Waals surface area (Å²) in [5.41, 5.74) is -0.296. The van der Waals surface area contributed by atoms with Gasteiger partial charge in [0.1, 0.15) is 0 Å². The molecule has 0 spiro atoms. The molecule has 0 atom stereocenters. The maximum Gasteiger partial charge on any atom is 0.267 e. The Morgan fingerprint density at radius 3 is 3.00 bits per heavy atom. The number of H-pyrrole nitrogens is 1. The summed E-state index contributed by atoms with van der Waals surface area (Å²) < 4.78 is 7.11. The van der Waals surface area contributed by atoms with E-state index >= 15 is 0 Å². The summed E-state index contributed by atoms with van der Waals surface area (Å²) in [6.07, 6.45) is 4.77. The minimum atomic E-state index is -0.296. The molecular formula is C9H10N4O2. The number of rotatable bonds is 3. The van der Waals surface area contributed by atoms with Gasteiger partial charge in [0.2, 0.25) is 0 Å². The number of aryl methyl sites for hydroxylation is 1. The second-order valence-electron chi connectivity index (χ2n) is 2.91. The van der Waals surface area contributed by atoms with Gasteiger partial charge in [0, 0.05) is 12.6 Å². The van der Waals surface area contributed by atoms with Crippen molar-refractivity contribution < 1.29 is 4.74 Å². The number of nitrogens with one attached hydrogen (secondary N) is 1. The van der Waals surface area contributed by atoms with E-state index in [2.05, 4.69) is 15.3 Å². The lowest BCUT2D eigenvalue weighted by Gasteiger charge is -1.99. The summed E-state index contributed by atoms with van der Waals surface area (Å²) in [5, 5.41) is 9.92. The van der Waals surface area contributed by atoms with Crippen molar-refractivity contribution in [3.05, 3.63) is 35.0 Å². The third kappa shape index (κ3) is 2.22. The van der Waals surface area contributed by atoms with Crippen molar-refractivity contribution in [3.63, 3.8) is 0 Å². The fourth-order valence-corrected chi connectivity index (χ4v) is 1.12. The fraction of sp³-hybridized carbons (Fsp3) is 0.222. The van der Waals surface area contributed by atoms with Gasteiger partial charge in [0.15, 0.2) is 11.5 Å². The van der Waals surface area contributed by atoms with Crippen LogP contribution in [0.5, 0.6) is 11.5 Å². The highest BCUT2D eigenvalue weighted by Gasteiger charge is 2.00. The van der Waals surface area contributed by atoms with Crippen molar-refractivity contribution in [1.82, 2.24) is 20.0 Å². The predicted molar refractivity (Wildman–Crippen MR) is 52.8 cm³/mol. The Morgan fingerprint density at radius 2 is 2.33 bits per heavy atom. The molecule has 0 saturated carbocycles. The molecule has 0 saturated heterocycles. The first-order chi connectivity index (χ1) is 7.28. The van der Waals surface area contributed by atoms with Crippen LogP contribution in [0.3, 0.4) is 0 Å². The Hall–Kier alpha value is -2.11. The first-order valence-corrected chi connectivity index (χ1v) is 4.53. The van der Waals surface area contributed by atoms with Crippen LogP contribution in [0.25, 0.3) is 0 Å². The number of hydrogen-bond acceptors (Lipinski definition) is 4. The molecule has 0 bridgehead atoms. The van der Waals surface area contributed by atoms with Crippen LogP contribution in [0.4, 0.5) is 0 Å². The Morgan fingerprint density at radius 1 is 1.47 bits per heavy atom. The lowest BCUT2D eigenvalue weighted by atomic mass is 10.5. The number of hydrogen-bond donors (Lipinski definition) is 1. The first-order valence-electron chi connectivity index (χ1n) is 4.53. The quantitative estimate of drug-likeness (QED) is 0.805. The van der Waals surface area contributed by atoms with Gasteiger partial charge < -0.3 is 4.74 Å². The third-order valence-corrected chi connectivity index (χ3v) is 1.81. The Kier molecular flexibility index (Phi) is 2.49. The van der Waals surface area contributed by atoms with E-state index in [1.807, 2.05) is 6.92 Å². The van der Waals surface area contributed by atoms with Crippen molar-refractivity contribution >= 4 is 0 Å². The van der Waals surface area contributed by atoms with Crippen LogP contribution < -0.4 is 10.3 Å². The van der Waals surface area contributed by atoms with Crippen LogP contribution in [0.2, 0.25) is 0 Å². The van der Waals surface area contributed by atoms with Crippen LogP contribution in [0.15, 0.2) is 29.5 Å². The van der Waals surface area contributed by atoms with E-state index in [9.17, 15) is 4.79 Å². The van der Waals surface area contributed by atoms with E-state index in [-0.39, 0.29) is 5.56 Å². The molecule has 2 aromatic heterocycles. The Balaban J connectivity index is 2.18. The minimum Gasteiger partial charge on any atom is -0.452 e. The molecule has 0 aromatic carbocycles. The molecule has 0 aliphatic rings. The molecular weight excluding hydrogens is 196 g/mol. The first kappa shape index (κ1) is 9.45. The monoisotopic (exact) mass is 206 g/mol. The van der Waals surface area contributed by atoms with E-state index in [1.165, 1.54) is 12.3 Å². The Bertz CT molecular complexity index is 503. The highest BCUT2D eigenvalue weighted by Crippen LogP contribution is 2.17. The minimum absolute atomic E-state index is 0.296. The van der Waals surface area contributed by atoms with Crippen molar-refractivity contribution in [1.29, 1.82) is 0 Å². The standard InChI is InChI=1S/C9H10N4O2/c1-2-13-6-8(5-11-13)15-7-3-9(14)12-10-4-7/h3-6H,2H2,1H3,(H,12,14). The Labute approximate surface area is 85.5 Å². The van der Waals surface area contributed by atoms with E-state index in [4.69, 9.17) is 4.74 Å². The summed E-state index contributed by atoms with van der Waals surface area (Å²) >= 11 is 0. The van der Waals surface area contributed by atoms with Gasteiger partial charge in [-0.3, -0.25) is 9.48 Å². The second kappa shape index (κ2) is 3.95. The van der Waals surface area contributed by atoms with Gasteiger partial charge in [0.05, 0.1) is 18.6 Å². The largest absolute Gasteiger partial charge is 0.452 e. The lowest BCUT2D eigenvalue weighted by molar-refractivity contribution is 0.476. The van der Waals surface area contributed by atoms with E-state index in [1.54, 1.807) is 17.1 Å². The zero-order valence-electron chi connectivity index (χ0n) is 8.17. The molecule has 78 valence electrons. The van der Waals surface area contributed by atoms with E-state index < -0.39 is 0 Å². The lowest BCUT2D eigenvalue weighted by Crippen LogP contribution is -2.05. The smallest absolute Gasteiger partial charge is 0.267 e. The molecule has 15 heavy (non-hydrogen) atoms. The van der Waals surface area contributed by atoms with Gasteiger partial charge in [-0.1, -0.05) is 0 Å². The molecule has 0 aliphatic heterocycles. The number of aromatic nitrogens is 4. The molecule has 0 fully saturated rings. The van der Waals surface area contributed by atoms with Crippen LogP contribution in [0, 0.1) is 0 Å². The van der Waals surface area contributed by atoms with Gasteiger partial charge in [-0.25, -0.2) is 5.10 Å². The summed E-state index contributed by atoms with van der Waals surface area (Å²) in [7, 11) is 0. The maximum absolute atomic E-state index is 10.9. The highest BCUT2D eigenvalue weighted by molar-refractivity contribution is 5.23. The van der Waals surface area contributed by atoms with Gasteiger partial charge >= 0.3 is 0 Å². The molecule has 0 unspecified atom stereocenters. The molecule has 0 aliphatic carbocycles. The molecule has 6 heteroatoms. The van der Waals surface area contributed by atoms with Gasteiger partial charge in [-0.05, 0) is 6.92 Å². The highest BCUT2D eigenvalue weighted by atomic mass is 16.5. The van der Waals surface area contributed by atoms with Gasteiger partial charge in [-0.15, -0.1) is 0 Å². The normalized spacial score (nSPS) is 10.2. The number of ether oxygens (including phenoxy) is 1. The fourth-order valence-electron chi connectivity index (χ4n) is 1.12. The summed E-state index contributed by atoms with van der Waals surface area (Å²) in [4.78, 5) is 10.9. The average molecular weight is 206 g/mol. The van der Waals surface area contributed by atoms with E-state index in [0.717, 1.165) is 6.54 Å². The average Bonchev–Trinajstić information content (AvgIpc) is 2.65. The molecule has 2 heterocycles. The van der Waals surface area contributed by atoms with E-state index in [0.29, 0.717) is 11.5 Å². The second-order valence-corrected chi connectivity index (χ2v) is 2.91. The zero-order valence-corrected chi connectivity index (χ0v) is 8.17. The maximum atomic E-state index is 10.9. The number of nitrogens with zero attached hydrogens (tertiary/aromatic N) is 3. The van der Waals surface area contributed by atoms with Crippen LogP contribution in [-0.2, 0) is 6.54 Å². The molecule has 1 N–H and O–H groups in total. The molecule has 6 nitrogen and oxygen atoms in total. The summed E-state index contributed by atoms with van der Waals surface area (Å²) in [6, 6.07) is 1.33.